The first-order chi connectivity index (χ1) is 9.74. The van der Waals surface area contributed by atoms with E-state index in [1.807, 2.05) is 4.90 Å². The van der Waals surface area contributed by atoms with Gasteiger partial charge in [0.15, 0.2) is 0 Å². The minimum absolute atomic E-state index is 0.0440. The van der Waals surface area contributed by atoms with Gasteiger partial charge in [-0.2, -0.15) is 0 Å². The van der Waals surface area contributed by atoms with Crippen LogP contribution in [0.15, 0.2) is 0 Å². The molecule has 0 saturated carbocycles. The lowest BCUT2D eigenvalue weighted by Gasteiger charge is -2.32. The molecule has 2 heterocycles. The monoisotopic (exact) mass is 283 g/mol. The highest BCUT2D eigenvalue weighted by molar-refractivity contribution is 5.89. The number of morpholine rings is 1. The number of carbonyl (C=O) groups is 2. The Morgan fingerprint density at radius 3 is 2.70 bits per heavy atom. The zero-order chi connectivity index (χ0) is 14.4. The molecule has 6 nitrogen and oxygen atoms in total. The number of amides is 2. The molecule has 0 radical (unpaired) electrons. The van der Waals surface area contributed by atoms with Crippen molar-refractivity contribution in [3.8, 4) is 0 Å². The fourth-order valence-electron chi connectivity index (χ4n) is 2.79. The van der Waals surface area contributed by atoms with E-state index in [2.05, 4.69) is 12.2 Å². The normalized spacial score (nSPS) is 23.1. The minimum Gasteiger partial charge on any atom is -0.378 e. The first-order valence-electron chi connectivity index (χ1n) is 7.60. The molecule has 114 valence electrons. The number of ether oxygens (including phenoxy) is 1. The van der Waals surface area contributed by atoms with Crippen molar-refractivity contribution in [2.75, 3.05) is 45.9 Å². The van der Waals surface area contributed by atoms with Crippen LogP contribution in [0.5, 0.6) is 0 Å². The molecule has 1 unspecified atom stereocenters. The molecule has 0 aliphatic carbocycles. The van der Waals surface area contributed by atoms with E-state index in [0.717, 1.165) is 25.8 Å². The van der Waals surface area contributed by atoms with Crippen molar-refractivity contribution < 1.29 is 14.3 Å². The molecular formula is C14H25N3O3. The highest BCUT2D eigenvalue weighted by Crippen LogP contribution is 2.20. The summed E-state index contributed by atoms with van der Waals surface area (Å²) >= 11 is 0. The maximum atomic E-state index is 12.5. The Balaban J connectivity index is 1.88. The van der Waals surface area contributed by atoms with Crippen molar-refractivity contribution in [1.82, 2.24) is 15.1 Å². The molecule has 2 fully saturated rings. The lowest BCUT2D eigenvalue weighted by Crippen LogP contribution is -2.52. The molecule has 2 amide bonds. The molecule has 0 aromatic rings. The summed E-state index contributed by atoms with van der Waals surface area (Å²) in [5, 5.41) is 3.11. The van der Waals surface area contributed by atoms with Crippen molar-refractivity contribution in [3.05, 3.63) is 0 Å². The van der Waals surface area contributed by atoms with Gasteiger partial charge in [0.1, 0.15) is 6.04 Å². The zero-order valence-corrected chi connectivity index (χ0v) is 12.3. The first kappa shape index (κ1) is 15.3. The summed E-state index contributed by atoms with van der Waals surface area (Å²) in [6.07, 6.45) is 2.71. The Bertz CT molecular complexity index is 343. The smallest absolute Gasteiger partial charge is 0.245 e. The summed E-state index contributed by atoms with van der Waals surface area (Å²) in [6.45, 7) is 6.43. The number of carbonyl (C=O) groups excluding carboxylic acids is 2. The number of rotatable bonds is 5. The van der Waals surface area contributed by atoms with Crippen molar-refractivity contribution in [2.24, 2.45) is 0 Å². The molecule has 1 N–H and O–H groups in total. The third kappa shape index (κ3) is 3.70. The quantitative estimate of drug-likeness (QED) is 0.712. The van der Waals surface area contributed by atoms with Gasteiger partial charge in [0, 0.05) is 19.6 Å². The van der Waals surface area contributed by atoms with Crippen LogP contribution in [0.4, 0.5) is 0 Å². The summed E-state index contributed by atoms with van der Waals surface area (Å²) in [6, 6.07) is -0.260. The zero-order valence-electron chi connectivity index (χ0n) is 12.3. The predicted molar refractivity (Wildman–Crippen MR) is 75.3 cm³/mol. The molecule has 0 aromatic heterocycles. The van der Waals surface area contributed by atoms with Crippen LogP contribution >= 0.6 is 0 Å². The predicted octanol–water partition coefficient (Wildman–Crippen LogP) is -0.164. The molecule has 0 aromatic carbocycles. The molecule has 2 rings (SSSR count). The summed E-state index contributed by atoms with van der Waals surface area (Å²) in [5.74, 6) is 0.136. The maximum absolute atomic E-state index is 12.5. The highest BCUT2D eigenvalue weighted by Gasteiger charge is 2.36. The van der Waals surface area contributed by atoms with Crippen molar-refractivity contribution >= 4 is 11.8 Å². The van der Waals surface area contributed by atoms with Crippen LogP contribution in [0.2, 0.25) is 0 Å². The van der Waals surface area contributed by atoms with Crippen LogP contribution in [0, 0.1) is 0 Å². The SMILES string of the molecule is CCCNCC(=O)N1CCCC1C(=O)N1CCOCC1. The van der Waals surface area contributed by atoms with Gasteiger partial charge >= 0.3 is 0 Å². The molecule has 2 aliphatic heterocycles. The Hall–Kier alpha value is -1.14. The topological polar surface area (TPSA) is 61.9 Å². The van der Waals surface area contributed by atoms with Gasteiger partial charge in [-0.3, -0.25) is 9.59 Å². The second-order valence-corrected chi connectivity index (χ2v) is 5.36. The van der Waals surface area contributed by atoms with Crippen LogP contribution in [-0.2, 0) is 14.3 Å². The lowest BCUT2D eigenvalue weighted by atomic mass is 10.2. The third-order valence-electron chi connectivity index (χ3n) is 3.88. The van der Waals surface area contributed by atoms with Gasteiger partial charge in [0.2, 0.25) is 11.8 Å². The first-order valence-corrected chi connectivity index (χ1v) is 7.60. The van der Waals surface area contributed by atoms with Gasteiger partial charge in [0.25, 0.3) is 0 Å². The van der Waals surface area contributed by atoms with Crippen LogP contribution < -0.4 is 5.32 Å². The second-order valence-electron chi connectivity index (χ2n) is 5.36. The maximum Gasteiger partial charge on any atom is 0.245 e. The van der Waals surface area contributed by atoms with Gasteiger partial charge in [-0.15, -0.1) is 0 Å². The largest absolute Gasteiger partial charge is 0.378 e. The van der Waals surface area contributed by atoms with E-state index >= 15 is 0 Å². The summed E-state index contributed by atoms with van der Waals surface area (Å²) in [4.78, 5) is 28.3. The van der Waals surface area contributed by atoms with Gasteiger partial charge < -0.3 is 19.9 Å². The number of likely N-dealkylation sites (tertiary alicyclic amines) is 1. The van der Waals surface area contributed by atoms with E-state index in [1.165, 1.54) is 0 Å². The van der Waals surface area contributed by atoms with Crippen LogP contribution in [0.1, 0.15) is 26.2 Å². The fourth-order valence-corrected chi connectivity index (χ4v) is 2.79. The lowest BCUT2D eigenvalue weighted by molar-refractivity contribution is -0.146. The molecule has 6 heteroatoms. The number of nitrogens with one attached hydrogen (secondary N) is 1. The Morgan fingerprint density at radius 1 is 1.25 bits per heavy atom. The molecule has 0 spiro atoms. The van der Waals surface area contributed by atoms with Gasteiger partial charge in [-0.1, -0.05) is 6.92 Å². The van der Waals surface area contributed by atoms with Crippen molar-refractivity contribution in [2.45, 2.75) is 32.2 Å². The average molecular weight is 283 g/mol. The Kier molecular flexibility index (Phi) is 5.79. The van der Waals surface area contributed by atoms with Gasteiger partial charge in [0.05, 0.1) is 19.8 Å². The summed E-state index contributed by atoms with van der Waals surface area (Å²) < 4.78 is 5.27. The third-order valence-corrected chi connectivity index (χ3v) is 3.88. The van der Waals surface area contributed by atoms with Gasteiger partial charge in [-0.05, 0) is 25.8 Å². The molecule has 2 aliphatic rings. The molecule has 2 saturated heterocycles. The number of nitrogens with zero attached hydrogens (tertiary/aromatic N) is 2. The van der Waals surface area contributed by atoms with E-state index in [1.54, 1.807) is 4.90 Å². The second kappa shape index (κ2) is 7.59. The van der Waals surface area contributed by atoms with E-state index in [0.29, 0.717) is 39.4 Å². The standard InChI is InChI=1S/C14H25N3O3/c1-2-5-15-11-13(18)17-6-3-4-12(17)14(19)16-7-9-20-10-8-16/h12,15H,2-11H2,1H3. The number of hydrogen-bond donors (Lipinski definition) is 1. The summed E-state index contributed by atoms with van der Waals surface area (Å²) in [5.41, 5.74) is 0. The van der Waals surface area contributed by atoms with E-state index in [9.17, 15) is 9.59 Å². The Morgan fingerprint density at radius 2 is 2.00 bits per heavy atom. The van der Waals surface area contributed by atoms with Crippen molar-refractivity contribution in [3.63, 3.8) is 0 Å². The summed E-state index contributed by atoms with van der Waals surface area (Å²) in [7, 11) is 0. The van der Waals surface area contributed by atoms with Gasteiger partial charge in [-0.25, -0.2) is 0 Å². The van der Waals surface area contributed by atoms with E-state index in [-0.39, 0.29) is 17.9 Å². The van der Waals surface area contributed by atoms with Crippen LogP contribution in [0.25, 0.3) is 0 Å². The van der Waals surface area contributed by atoms with Crippen LogP contribution in [0.3, 0.4) is 0 Å². The van der Waals surface area contributed by atoms with Crippen molar-refractivity contribution in [1.29, 1.82) is 0 Å². The fraction of sp³-hybridized carbons (Fsp3) is 0.857. The molecule has 20 heavy (non-hydrogen) atoms. The van der Waals surface area contributed by atoms with E-state index in [4.69, 9.17) is 4.74 Å². The number of hydrogen-bond acceptors (Lipinski definition) is 4. The highest BCUT2D eigenvalue weighted by atomic mass is 16.5. The average Bonchev–Trinajstić information content (AvgIpc) is 2.97. The van der Waals surface area contributed by atoms with Crippen LogP contribution in [-0.4, -0.2) is 73.6 Å². The molecule has 0 bridgehead atoms. The molecule has 1 atom stereocenters. The van der Waals surface area contributed by atoms with E-state index < -0.39 is 0 Å². The Labute approximate surface area is 120 Å². The molecular weight excluding hydrogens is 258 g/mol. The minimum atomic E-state index is -0.260.